The molecular formula is C11H21N2O2+. The average Bonchev–Trinajstić information content (AvgIpc) is 2.50. The summed E-state index contributed by atoms with van der Waals surface area (Å²) >= 11 is 0. The minimum absolute atomic E-state index is 0.0742. The maximum absolute atomic E-state index is 11.4. The molecule has 0 aromatic carbocycles. The van der Waals surface area contributed by atoms with Crippen LogP contribution in [0.3, 0.4) is 0 Å². The Morgan fingerprint density at radius 2 is 2.27 bits per heavy atom. The van der Waals surface area contributed by atoms with Crippen LogP contribution in [0.4, 0.5) is 4.79 Å². The fourth-order valence-electron chi connectivity index (χ4n) is 1.60. The Balaban J connectivity index is 2.30. The van der Waals surface area contributed by atoms with E-state index in [1.165, 1.54) is 0 Å². The SMILES string of the molecule is [CH2+][C@H](NC(=O)OC(C)(C)C)[C@@H]1CCNC1. The van der Waals surface area contributed by atoms with E-state index < -0.39 is 5.60 Å². The Morgan fingerprint density at radius 3 is 2.73 bits per heavy atom. The number of rotatable bonds is 2. The van der Waals surface area contributed by atoms with E-state index in [4.69, 9.17) is 4.74 Å². The summed E-state index contributed by atoms with van der Waals surface area (Å²) in [6.45, 7) is 11.4. The summed E-state index contributed by atoms with van der Waals surface area (Å²) in [5, 5.41) is 6.01. The first-order chi connectivity index (χ1) is 6.88. The van der Waals surface area contributed by atoms with Gasteiger partial charge in [-0.2, -0.15) is 0 Å². The molecular weight excluding hydrogens is 192 g/mol. The molecule has 0 spiro atoms. The second kappa shape index (κ2) is 4.75. The van der Waals surface area contributed by atoms with Gasteiger partial charge in [-0.25, -0.2) is 4.79 Å². The van der Waals surface area contributed by atoms with Crippen LogP contribution in [0, 0.1) is 12.8 Å². The van der Waals surface area contributed by atoms with E-state index in [2.05, 4.69) is 17.6 Å². The van der Waals surface area contributed by atoms with Crippen molar-refractivity contribution in [1.29, 1.82) is 0 Å². The fourth-order valence-corrected chi connectivity index (χ4v) is 1.60. The van der Waals surface area contributed by atoms with E-state index in [0.29, 0.717) is 5.92 Å². The van der Waals surface area contributed by atoms with E-state index in [-0.39, 0.29) is 12.1 Å². The predicted octanol–water partition coefficient (Wildman–Crippen LogP) is 1.32. The second-order valence-electron chi connectivity index (χ2n) is 5.01. The Kier molecular flexibility index (Phi) is 3.85. The monoisotopic (exact) mass is 213 g/mol. The molecule has 0 radical (unpaired) electrons. The summed E-state index contributed by atoms with van der Waals surface area (Å²) in [7, 11) is 0. The summed E-state index contributed by atoms with van der Waals surface area (Å²) < 4.78 is 5.16. The smallest absolute Gasteiger partial charge is 0.411 e. The Hall–Kier alpha value is -0.900. The van der Waals surface area contributed by atoms with E-state index in [1.807, 2.05) is 20.8 Å². The molecule has 1 rings (SSSR count). The first-order valence-corrected chi connectivity index (χ1v) is 5.42. The van der Waals surface area contributed by atoms with Crippen molar-refractivity contribution in [2.24, 2.45) is 5.92 Å². The minimum atomic E-state index is -0.447. The standard InChI is InChI=1S/C11H20N2O2/c1-8(9-5-6-12-7-9)13-10(14)15-11(2,3)4/h8-9,12H,1,5-7H2,2-4H3/p+1/t8-,9+/m0/s1. The zero-order valence-corrected chi connectivity index (χ0v) is 9.80. The molecule has 1 amide bonds. The van der Waals surface area contributed by atoms with Crippen molar-refractivity contribution in [3.05, 3.63) is 6.92 Å². The molecule has 0 unspecified atom stereocenters. The van der Waals surface area contributed by atoms with Gasteiger partial charge in [0.05, 0.1) is 6.92 Å². The van der Waals surface area contributed by atoms with Crippen LogP contribution in [0.15, 0.2) is 0 Å². The second-order valence-corrected chi connectivity index (χ2v) is 5.01. The Labute approximate surface area is 91.8 Å². The molecule has 4 nitrogen and oxygen atoms in total. The highest BCUT2D eigenvalue weighted by Crippen LogP contribution is 2.13. The van der Waals surface area contributed by atoms with Gasteiger partial charge in [0.25, 0.3) is 0 Å². The number of carbonyl (C=O) groups excluding carboxylic acids is 1. The van der Waals surface area contributed by atoms with Crippen LogP contribution >= 0.6 is 0 Å². The first-order valence-electron chi connectivity index (χ1n) is 5.42. The van der Waals surface area contributed by atoms with Gasteiger partial charge in [-0.15, -0.1) is 0 Å². The molecule has 1 aliphatic heterocycles. The number of hydrogen-bond acceptors (Lipinski definition) is 3. The molecule has 1 saturated heterocycles. The van der Waals surface area contributed by atoms with Crippen molar-refractivity contribution >= 4 is 6.09 Å². The number of hydrogen-bond donors (Lipinski definition) is 2. The molecule has 1 aliphatic rings. The number of ether oxygens (including phenoxy) is 1. The third-order valence-corrected chi connectivity index (χ3v) is 2.37. The summed E-state index contributed by atoms with van der Waals surface area (Å²) in [6, 6.07) is -0.0742. The van der Waals surface area contributed by atoms with Crippen molar-refractivity contribution in [3.63, 3.8) is 0 Å². The summed E-state index contributed by atoms with van der Waals surface area (Å²) in [5.74, 6) is 0.414. The lowest BCUT2D eigenvalue weighted by molar-refractivity contribution is 0.0501. The van der Waals surface area contributed by atoms with Crippen molar-refractivity contribution in [2.45, 2.75) is 38.8 Å². The maximum Gasteiger partial charge on any atom is 0.411 e. The molecule has 86 valence electrons. The zero-order chi connectivity index (χ0) is 11.5. The van der Waals surface area contributed by atoms with Gasteiger partial charge in [-0.3, -0.25) is 5.32 Å². The number of amides is 1. The molecule has 0 aromatic rings. The van der Waals surface area contributed by atoms with Gasteiger partial charge in [0.2, 0.25) is 0 Å². The largest absolute Gasteiger partial charge is 0.444 e. The van der Waals surface area contributed by atoms with Crippen LogP contribution in [0.5, 0.6) is 0 Å². The van der Waals surface area contributed by atoms with Gasteiger partial charge >= 0.3 is 6.09 Å². The molecule has 2 N–H and O–H groups in total. The van der Waals surface area contributed by atoms with Crippen LogP contribution in [-0.4, -0.2) is 30.8 Å². The van der Waals surface area contributed by atoms with E-state index in [9.17, 15) is 4.79 Å². The number of alkyl carbamates (subject to hydrolysis) is 1. The van der Waals surface area contributed by atoms with Gasteiger partial charge in [0.15, 0.2) is 6.04 Å². The van der Waals surface area contributed by atoms with E-state index in [0.717, 1.165) is 19.5 Å². The first kappa shape index (κ1) is 12.2. The van der Waals surface area contributed by atoms with Crippen LogP contribution < -0.4 is 10.6 Å². The van der Waals surface area contributed by atoms with Crippen LogP contribution in [0.2, 0.25) is 0 Å². The molecule has 4 heteroatoms. The molecule has 0 aliphatic carbocycles. The Morgan fingerprint density at radius 1 is 1.60 bits per heavy atom. The molecule has 0 aromatic heterocycles. The Bertz CT molecular complexity index is 217. The van der Waals surface area contributed by atoms with Crippen LogP contribution in [0.25, 0.3) is 0 Å². The van der Waals surface area contributed by atoms with E-state index in [1.54, 1.807) is 0 Å². The van der Waals surface area contributed by atoms with Gasteiger partial charge in [0, 0.05) is 12.5 Å². The molecule has 1 fully saturated rings. The maximum atomic E-state index is 11.4. The average molecular weight is 213 g/mol. The minimum Gasteiger partial charge on any atom is -0.444 e. The zero-order valence-electron chi connectivity index (χ0n) is 9.80. The summed E-state index contributed by atoms with van der Waals surface area (Å²) in [5.41, 5.74) is -0.447. The topological polar surface area (TPSA) is 50.4 Å². The van der Waals surface area contributed by atoms with Crippen LogP contribution in [-0.2, 0) is 4.74 Å². The highest BCUT2D eigenvalue weighted by Gasteiger charge is 2.29. The quantitative estimate of drug-likeness (QED) is 0.680. The highest BCUT2D eigenvalue weighted by molar-refractivity contribution is 5.68. The molecule has 1 heterocycles. The van der Waals surface area contributed by atoms with Crippen molar-refractivity contribution in [3.8, 4) is 0 Å². The highest BCUT2D eigenvalue weighted by atomic mass is 16.6. The van der Waals surface area contributed by atoms with Gasteiger partial charge in [-0.05, 0) is 33.7 Å². The lowest BCUT2D eigenvalue weighted by Gasteiger charge is -2.21. The fraction of sp³-hybridized carbons (Fsp3) is 0.818. The molecule has 2 atom stereocenters. The lowest BCUT2D eigenvalue weighted by Crippen LogP contribution is -2.42. The summed E-state index contributed by atoms with van der Waals surface area (Å²) in [6.07, 6.45) is 0.679. The van der Waals surface area contributed by atoms with Gasteiger partial charge < -0.3 is 10.1 Å². The van der Waals surface area contributed by atoms with Crippen LogP contribution in [0.1, 0.15) is 27.2 Å². The molecule has 0 saturated carbocycles. The molecule has 0 bridgehead atoms. The van der Waals surface area contributed by atoms with Gasteiger partial charge in [-0.1, -0.05) is 0 Å². The van der Waals surface area contributed by atoms with Gasteiger partial charge in [0.1, 0.15) is 5.60 Å². The summed E-state index contributed by atoms with van der Waals surface area (Å²) in [4.78, 5) is 11.4. The lowest BCUT2D eigenvalue weighted by atomic mass is 10.0. The predicted molar refractivity (Wildman–Crippen MR) is 59.5 cm³/mol. The van der Waals surface area contributed by atoms with Crippen molar-refractivity contribution in [2.75, 3.05) is 13.1 Å². The number of nitrogens with one attached hydrogen (secondary N) is 2. The third kappa shape index (κ3) is 4.42. The molecule has 15 heavy (non-hydrogen) atoms. The van der Waals surface area contributed by atoms with Crippen molar-refractivity contribution in [1.82, 2.24) is 10.6 Å². The van der Waals surface area contributed by atoms with E-state index >= 15 is 0 Å². The third-order valence-electron chi connectivity index (χ3n) is 2.37. The number of carbonyl (C=O) groups is 1. The normalized spacial score (nSPS) is 23.5. The van der Waals surface area contributed by atoms with Crippen molar-refractivity contribution < 1.29 is 9.53 Å².